The molecule has 0 bridgehead atoms. The molecule has 0 amide bonds. The fourth-order valence-electron chi connectivity index (χ4n) is 1.35. The van der Waals surface area contributed by atoms with E-state index in [0.29, 0.717) is 11.3 Å². The van der Waals surface area contributed by atoms with Gasteiger partial charge in [0.2, 0.25) is 5.82 Å². The third-order valence-electron chi connectivity index (χ3n) is 2.22. The SMILES string of the molecule is O=[N+]([O-])c1cc(C=Cc2ccncn2)ccc1F. The quantitative estimate of drug-likeness (QED) is 0.615. The first-order chi connectivity index (χ1) is 8.66. The van der Waals surface area contributed by atoms with Crippen LogP contribution in [0.25, 0.3) is 12.2 Å². The van der Waals surface area contributed by atoms with Crippen LogP contribution in [0.4, 0.5) is 10.1 Å². The normalized spacial score (nSPS) is 10.7. The molecule has 0 aliphatic carbocycles. The Hall–Kier alpha value is -2.63. The van der Waals surface area contributed by atoms with E-state index < -0.39 is 16.4 Å². The Balaban J connectivity index is 2.28. The zero-order valence-corrected chi connectivity index (χ0v) is 9.15. The Morgan fingerprint density at radius 3 is 2.78 bits per heavy atom. The van der Waals surface area contributed by atoms with Crippen molar-refractivity contribution in [2.45, 2.75) is 0 Å². The van der Waals surface area contributed by atoms with Gasteiger partial charge >= 0.3 is 5.69 Å². The molecule has 18 heavy (non-hydrogen) atoms. The number of nitro groups is 1. The molecule has 0 atom stereocenters. The number of nitro benzene ring substituents is 1. The standard InChI is InChI=1S/C12H8FN3O2/c13-11-4-2-9(7-12(11)16(17)18)1-3-10-5-6-14-8-15-10/h1-8H. The number of nitrogens with zero attached hydrogens (tertiary/aromatic N) is 3. The van der Waals surface area contributed by atoms with Crippen LogP contribution in [0.3, 0.4) is 0 Å². The lowest BCUT2D eigenvalue weighted by Crippen LogP contribution is -1.92. The molecule has 2 rings (SSSR count). The van der Waals surface area contributed by atoms with Gasteiger partial charge in [0.25, 0.3) is 0 Å². The summed E-state index contributed by atoms with van der Waals surface area (Å²) in [6.07, 6.45) is 6.26. The van der Waals surface area contributed by atoms with E-state index in [-0.39, 0.29) is 0 Å². The molecule has 0 spiro atoms. The van der Waals surface area contributed by atoms with Gasteiger partial charge in [-0.05, 0) is 23.8 Å². The summed E-state index contributed by atoms with van der Waals surface area (Å²) in [6, 6.07) is 5.39. The lowest BCUT2D eigenvalue weighted by Gasteiger charge is -1.96. The van der Waals surface area contributed by atoms with Gasteiger partial charge in [-0.15, -0.1) is 0 Å². The molecule has 90 valence electrons. The second-order valence-electron chi connectivity index (χ2n) is 3.44. The van der Waals surface area contributed by atoms with Crippen LogP contribution in [0.15, 0.2) is 36.8 Å². The number of hydrogen-bond donors (Lipinski definition) is 0. The van der Waals surface area contributed by atoms with Gasteiger partial charge in [0.15, 0.2) is 0 Å². The minimum absolute atomic E-state index is 0.529. The topological polar surface area (TPSA) is 68.9 Å². The Labute approximate surface area is 102 Å². The zero-order chi connectivity index (χ0) is 13.0. The van der Waals surface area contributed by atoms with Gasteiger partial charge in [0.1, 0.15) is 6.33 Å². The monoisotopic (exact) mass is 245 g/mol. The highest BCUT2D eigenvalue weighted by molar-refractivity contribution is 5.68. The molecular formula is C12H8FN3O2. The maximum atomic E-state index is 13.1. The lowest BCUT2D eigenvalue weighted by atomic mass is 10.1. The molecule has 1 heterocycles. The number of benzene rings is 1. The first-order valence-corrected chi connectivity index (χ1v) is 5.05. The van der Waals surface area contributed by atoms with E-state index >= 15 is 0 Å². The molecule has 0 saturated carbocycles. The summed E-state index contributed by atoms with van der Waals surface area (Å²) in [5, 5.41) is 10.6. The molecule has 0 N–H and O–H groups in total. The van der Waals surface area contributed by atoms with Gasteiger partial charge in [-0.3, -0.25) is 10.1 Å². The maximum Gasteiger partial charge on any atom is 0.305 e. The Kier molecular flexibility index (Phi) is 3.38. The highest BCUT2D eigenvalue weighted by atomic mass is 19.1. The van der Waals surface area contributed by atoms with Gasteiger partial charge in [-0.1, -0.05) is 12.1 Å². The minimum atomic E-state index is -0.848. The van der Waals surface area contributed by atoms with E-state index in [4.69, 9.17) is 0 Å². The molecule has 2 aromatic rings. The minimum Gasteiger partial charge on any atom is -0.258 e. The van der Waals surface area contributed by atoms with E-state index in [2.05, 4.69) is 9.97 Å². The van der Waals surface area contributed by atoms with Crippen molar-refractivity contribution in [2.24, 2.45) is 0 Å². The van der Waals surface area contributed by atoms with Crippen molar-refractivity contribution in [1.82, 2.24) is 9.97 Å². The zero-order valence-electron chi connectivity index (χ0n) is 9.15. The van der Waals surface area contributed by atoms with Crippen molar-refractivity contribution in [1.29, 1.82) is 0 Å². The second kappa shape index (κ2) is 5.13. The van der Waals surface area contributed by atoms with E-state index in [9.17, 15) is 14.5 Å². The van der Waals surface area contributed by atoms with E-state index in [0.717, 1.165) is 6.07 Å². The molecule has 1 aromatic heterocycles. The van der Waals surface area contributed by atoms with Gasteiger partial charge in [0, 0.05) is 12.3 Å². The molecule has 0 aliphatic heterocycles. The second-order valence-corrected chi connectivity index (χ2v) is 3.44. The van der Waals surface area contributed by atoms with Gasteiger partial charge in [-0.25, -0.2) is 9.97 Å². The Bertz CT molecular complexity index is 600. The molecule has 0 fully saturated rings. The van der Waals surface area contributed by atoms with Crippen LogP contribution in [0, 0.1) is 15.9 Å². The Morgan fingerprint density at radius 1 is 1.28 bits per heavy atom. The van der Waals surface area contributed by atoms with E-state index in [1.165, 1.54) is 18.5 Å². The molecule has 5 nitrogen and oxygen atoms in total. The summed E-state index contributed by atoms with van der Waals surface area (Å²) in [5.41, 5.74) is 0.651. The van der Waals surface area contributed by atoms with Crippen LogP contribution < -0.4 is 0 Å². The van der Waals surface area contributed by atoms with E-state index in [1.807, 2.05) is 0 Å². The summed E-state index contributed by atoms with van der Waals surface area (Å²) in [5.74, 6) is -0.848. The van der Waals surface area contributed by atoms with Crippen LogP contribution in [0.5, 0.6) is 0 Å². The van der Waals surface area contributed by atoms with Crippen LogP contribution in [0.2, 0.25) is 0 Å². The predicted molar refractivity (Wildman–Crippen MR) is 64.0 cm³/mol. The van der Waals surface area contributed by atoms with Crippen LogP contribution in [-0.2, 0) is 0 Å². The lowest BCUT2D eigenvalue weighted by molar-refractivity contribution is -0.387. The predicted octanol–water partition coefficient (Wildman–Crippen LogP) is 2.69. The summed E-state index contributed by atoms with van der Waals surface area (Å²) in [4.78, 5) is 17.5. The van der Waals surface area contributed by atoms with Crippen LogP contribution in [0.1, 0.15) is 11.3 Å². The number of aromatic nitrogens is 2. The first kappa shape index (κ1) is 11.8. The van der Waals surface area contributed by atoms with Crippen molar-refractivity contribution in [3.05, 3.63) is 64.0 Å². The molecule has 0 radical (unpaired) electrons. The fourth-order valence-corrected chi connectivity index (χ4v) is 1.35. The average Bonchev–Trinajstić information content (AvgIpc) is 2.38. The summed E-state index contributed by atoms with van der Waals surface area (Å²) >= 11 is 0. The number of hydrogen-bond acceptors (Lipinski definition) is 4. The molecular weight excluding hydrogens is 237 g/mol. The number of rotatable bonds is 3. The van der Waals surface area contributed by atoms with Crippen LogP contribution >= 0.6 is 0 Å². The molecule has 0 unspecified atom stereocenters. The van der Waals surface area contributed by atoms with Crippen molar-refractivity contribution < 1.29 is 9.31 Å². The largest absolute Gasteiger partial charge is 0.305 e. The van der Waals surface area contributed by atoms with Gasteiger partial charge in [0.05, 0.1) is 10.6 Å². The van der Waals surface area contributed by atoms with Gasteiger partial charge < -0.3 is 0 Å². The van der Waals surface area contributed by atoms with Crippen molar-refractivity contribution in [3.63, 3.8) is 0 Å². The summed E-state index contributed by atoms with van der Waals surface area (Å²) in [6.45, 7) is 0. The molecule has 0 saturated heterocycles. The highest BCUT2D eigenvalue weighted by Gasteiger charge is 2.13. The smallest absolute Gasteiger partial charge is 0.258 e. The van der Waals surface area contributed by atoms with Crippen molar-refractivity contribution in [2.75, 3.05) is 0 Å². The average molecular weight is 245 g/mol. The van der Waals surface area contributed by atoms with Gasteiger partial charge in [-0.2, -0.15) is 4.39 Å². The summed E-state index contributed by atoms with van der Waals surface area (Å²) < 4.78 is 13.1. The maximum absolute atomic E-state index is 13.1. The molecule has 0 aliphatic rings. The molecule has 6 heteroatoms. The van der Waals surface area contributed by atoms with Crippen molar-refractivity contribution in [3.8, 4) is 0 Å². The van der Waals surface area contributed by atoms with E-state index in [1.54, 1.807) is 24.4 Å². The third-order valence-corrected chi connectivity index (χ3v) is 2.22. The Morgan fingerprint density at radius 2 is 2.11 bits per heavy atom. The third kappa shape index (κ3) is 2.73. The van der Waals surface area contributed by atoms with Crippen LogP contribution in [-0.4, -0.2) is 14.9 Å². The first-order valence-electron chi connectivity index (χ1n) is 5.05. The number of halogens is 1. The highest BCUT2D eigenvalue weighted by Crippen LogP contribution is 2.19. The fraction of sp³-hybridized carbons (Fsp3) is 0. The summed E-state index contributed by atoms with van der Waals surface area (Å²) in [7, 11) is 0. The van der Waals surface area contributed by atoms with Crippen molar-refractivity contribution >= 4 is 17.8 Å². The molecule has 1 aromatic carbocycles.